The molecule has 0 atom stereocenters. The predicted molar refractivity (Wildman–Crippen MR) is 98.3 cm³/mol. The van der Waals surface area contributed by atoms with E-state index in [0.29, 0.717) is 35.7 Å². The Balaban J connectivity index is 1.84. The molecule has 2 aromatic rings. The highest BCUT2D eigenvalue weighted by molar-refractivity contribution is 6.30. The van der Waals surface area contributed by atoms with E-state index in [1.54, 1.807) is 18.2 Å². The van der Waals surface area contributed by atoms with Crippen molar-refractivity contribution in [3.8, 4) is 18.1 Å². The predicted octanol–water partition coefficient (Wildman–Crippen LogP) is 3.09. The molecular formula is C20H20ClNO3. The lowest BCUT2D eigenvalue weighted by Crippen LogP contribution is -2.22. The normalized spacial score (nSPS) is 10.1. The molecule has 0 saturated heterocycles. The third-order valence-corrected chi connectivity index (χ3v) is 3.90. The number of carbonyl (C=O) groups excluding carboxylic acids is 1. The number of rotatable bonds is 8. The molecule has 0 aliphatic carbocycles. The van der Waals surface area contributed by atoms with Crippen LogP contribution in [0.4, 0.5) is 0 Å². The van der Waals surface area contributed by atoms with Gasteiger partial charge in [-0.25, -0.2) is 0 Å². The first kappa shape index (κ1) is 18.9. The van der Waals surface area contributed by atoms with Gasteiger partial charge < -0.3 is 15.2 Å². The minimum absolute atomic E-state index is 0.0341. The van der Waals surface area contributed by atoms with Crippen molar-refractivity contribution in [3.63, 3.8) is 0 Å². The fraction of sp³-hybridized carbons (Fsp3) is 0.250. The zero-order valence-corrected chi connectivity index (χ0v) is 14.6. The summed E-state index contributed by atoms with van der Waals surface area (Å²) in [6, 6.07) is 12.8. The summed E-state index contributed by atoms with van der Waals surface area (Å²) in [5.74, 6) is 2.92. The summed E-state index contributed by atoms with van der Waals surface area (Å²) in [6.45, 7) is 0.479. The monoisotopic (exact) mass is 357 g/mol. The first-order valence-corrected chi connectivity index (χ1v) is 8.30. The van der Waals surface area contributed by atoms with Crippen LogP contribution in [-0.4, -0.2) is 17.6 Å². The van der Waals surface area contributed by atoms with Crippen molar-refractivity contribution >= 4 is 17.5 Å². The topological polar surface area (TPSA) is 58.6 Å². The second-order valence-corrected chi connectivity index (χ2v) is 5.93. The Morgan fingerprint density at radius 2 is 1.92 bits per heavy atom. The van der Waals surface area contributed by atoms with Gasteiger partial charge in [0.15, 0.2) is 0 Å². The molecule has 0 heterocycles. The largest absolute Gasteiger partial charge is 0.481 e. The molecule has 5 heteroatoms. The van der Waals surface area contributed by atoms with Crippen LogP contribution in [0.3, 0.4) is 0 Å². The van der Waals surface area contributed by atoms with Crippen molar-refractivity contribution in [2.45, 2.75) is 26.0 Å². The molecule has 0 aliphatic heterocycles. The molecule has 2 rings (SSSR count). The Kier molecular flexibility index (Phi) is 7.34. The third-order valence-electron chi connectivity index (χ3n) is 3.65. The molecule has 0 aromatic heterocycles. The minimum atomic E-state index is -0.142. The number of carbonyl (C=O) groups is 1. The van der Waals surface area contributed by atoms with Crippen LogP contribution in [0.2, 0.25) is 5.02 Å². The number of halogens is 1. The Bertz CT molecular complexity index is 751. The summed E-state index contributed by atoms with van der Waals surface area (Å²) < 4.78 is 5.37. The van der Waals surface area contributed by atoms with Gasteiger partial charge in [-0.15, -0.1) is 6.42 Å². The van der Waals surface area contributed by atoms with E-state index in [1.807, 2.05) is 24.3 Å². The summed E-state index contributed by atoms with van der Waals surface area (Å²) in [7, 11) is 0. The third kappa shape index (κ3) is 6.15. The van der Waals surface area contributed by atoms with E-state index in [-0.39, 0.29) is 19.1 Å². The highest BCUT2D eigenvalue weighted by atomic mass is 35.5. The minimum Gasteiger partial charge on any atom is -0.481 e. The number of benzene rings is 2. The molecule has 0 spiro atoms. The molecule has 0 radical (unpaired) electrons. The van der Waals surface area contributed by atoms with Crippen molar-refractivity contribution < 1.29 is 14.6 Å². The van der Waals surface area contributed by atoms with Crippen LogP contribution in [-0.2, 0) is 24.4 Å². The van der Waals surface area contributed by atoms with Gasteiger partial charge >= 0.3 is 0 Å². The van der Waals surface area contributed by atoms with Crippen LogP contribution in [0.1, 0.15) is 23.1 Å². The Morgan fingerprint density at radius 1 is 1.20 bits per heavy atom. The maximum Gasteiger partial charge on any atom is 0.220 e. The lowest BCUT2D eigenvalue weighted by Gasteiger charge is -2.10. The van der Waals surface area contributed by atoms with Crippen molar-refractivity contribution in [3.05, 3.63) is 64.2 Å². The highest BCUT2D eigenvalue weighted by Gasteiger charge is 2.07. The summed E-state index contributed by atoms with van der Waals surface area (Å²) in [5, 5.41) is 13.0. The molecule has 130 valence electrons. The van der Waals surface area contributed by atoms with Crippen LogP contribution >= 0.6 is 11.6 Å². The van der Waals surface area contributed by atoms with E-state index >= 15 is 0 Å². The van der Waals surface area contributed by atoms with Crippen LogP contribution in [0.25, 0.3) is 0 Å². The summed E-state index contributed by atoms with van der Waals surface area (Å²) in [5.41, 5.74) is 2.61. The van der Waals surface area contributed by atoms with E-state index in [1.165, 1.54) is 0 Å². The van der Waals surface area contributed by atoms with Crippen molar-refractivity contribution in [1.29, 1.82) is 0 Å². The van der Waals surface area contributed by atoms with Gasteiger partial charge in [-0.1, -0.05) is 35.7 Å². The number of hydrogen-bond donors (Lipinski definition) is 2. The molecule has 0 unspecified atom stereocenters. The average Bonchev–Trinajstić information content (AvgIpc) is 2.64. The van der Waals surface area contributed by atoms with Gasteiger partial charge in [0, 0.05) is 23.6 Å². The molecule has 2 N–H and O–H groups in total. The number of ether oxygens (including phenoxy) is 1. The fourth-order valence-corrected chi connectivity index (χ4v) is 2.45. The van der Waals surface area contributed by atoms with Crippen molar-refractivity contribution in [1.82, 2.24) is 5.32 Å². The number of nitrogens with one attached hydrogen (secondary N) is 1. The SMILES string of the molecule is C#CCOc1ccc(CCC(=O)NCc2ccc(Cl)cc2)cc1CO. The molecule has 0 aliphatic rings. The van der Waals surface area contributed by atoms with Gasteiger partial charge in [0.2, 0.25) is 5.91 Å². The van der Waals surface area contributed by atoms with Gasteiger partial charge in [0.05, 0.1) is 6.61 Å². The van der Waals surface area contributed by atoms with Gasteiger partial charge in [0.1, 0.15) is 12.4 Å². The van der Waals surface area contributed by atoms with Crippen molar-refractivity contribution in [2.75, 3.05) is 6.61 Å². The lowest BCUT2D eigenvalue weighted by atomic mass is 10.1. The number of terminal acetylenes is 1. The van der Waals surface area contributed by atoms with Gasteiger partial charge in [-0.2, -0.15) is 0 Å². The fourth-order valence-electron chi connectivity index (χ4n) is 2.32. The van der Waals surface area contributed by atoms with E-state index in [2.05, 4.69) is 11.2 Å². The summed E-state index contributed by atoms with van der Waals surface area (Å²) >= 11 is 5.83. The average molecular weight is 358 g/mol. The van der Waals surface area contributed by atoms with Gasteiger partial charge in [-0.05, 0) is 41.8 Å². The summed E-state index contributed by atoms with van der Waals surface area (Å²) in [4.78, 5) is 12.0. The standard InChI is InChI=1S/C20H20ClNO3/c1-2-11-25-19-9-5-15(12-17(19)14-23)6-10-20(24)22-13-16-3-7-18(21)8-4-16/h1,3-5,7-9,12,23H,6,10-11,13-14H2,(H,22,24). The Labute approximate surface area is 152 Å². The quantitative estimate of drug-likeness (QED) is 0.714. The maximum atomic E-state index is 12.0. The Hall–Kier alpha value is -2.48. The van der Waals surface area contributed by atoms with E-state index in [9.17, 15) is 9.90 Å². The van der Waals surface area contributed by atoms with Gasteiger partial charge in [0.25, 0.3) is 0 Å². The van der Waals surface area contributed by atoms with E-state index < -0.39 is 0 Å². The molecular weight excluding hydrogens is 338 g/mol. The number of hydrogen-bond acceptors (Lipinski definition) is 3. The molecule has 4 nitrogen and oxygen atoms in total. The second kappa shape index (κ2) is 9.73. The van der Waals surface area contributed by atoms with Crippen LogP contribution < -0.4 is 10.1 Å². The molecule has 25 heavy (non-hydrogen) atoms. The van der Waals surface area contributed by atoms with Crippen LogP contribution in [0.15, 0.2) is 42.5 Å². The molecule has 0 saturated carbocycles. The van der Waals surface area contributed by atoms with Crippen LogP contribution in [0, 0.1) is 12.3 Å². The first-order chi connectivity index (χ1) is 12.1. The zero-order chi connectivity index (χ0) is 18.1. The molecule has 0 bridgehead atoms. The van der Waals surface area contributed by atoms with E-state index in [0.717, 1.165) is 11.1 Å². The lowest BCUT2D eigenvalue weighted by molar-refractivity contribution is -0.121. The number of aliphatic hydroxyl groups is 1. The maximum absolute atomic E-state index is 12.0. The first-order valence-electron chi connectivity index (χ1n) is 7.92. The number of amides is 1. The second-order valence-electron chi connectivity index (χ2n) is 5.50. The molecule has 2 aromatic carbocycles. The number of aliphatic hydroxyl groups excluding tert-OH is 1. The molecule has 1 amide bonds. The highest BCUT2D eigenvalue weighted by Crippen LogP contribution is 2.21. The molecule has 0 fully saturated rings. The van der Waals surface area contributed by atoms with Crippen molar-refractivity contribution in [2.24, 2.45) is 0 Å². The summed E-state index contributed by atoms with van der Waals surface area (Å²) in [6.07, 6.45) is 6.11. The van der Waals surface area contributed by atoms with Crippen LogP contribution in [0.5, 0.6) is 5.75 Å². The smallest absolute Gasteiger partial charge is 0.220 e. The van der Waals surface area contributed by atoms with E-state index in [4.69, 9.17) is 22.8 Å². The Morgan fingerprint density at radius 3 is 2.60 bits per heavy atom. The zero-order valence-electron chi connectivity index (χ0n) is 13.8. The van der Waals surface area contributed by atoms with Gasteiger partial charge in [-0.3, -0.25) is 4.79 Å². The number of aryl methyl sites for hydroxylation is 1.